The van der Waals surface area contributed by atoms with E-state index in [2.05, 4.69) is 4.98 Å². The van der Waals surface area contributed by atoms with Gasteiger partial charge >= 0.3 is 12.1 Å². The molecule has 6 nitrogen and oxygen atoms in total. The summed E-state index contributed by atoms with van der Waals surface area (Å²) >= 11 is 0.458. The molecule has 0 saturated carbocycles. The standard InChI is InChI=1S/C15H11F3N2O4S/c1-23-7-3-4-10(24-2)8(5-7)9-6-20-12(15(16,17)18)11(13(21)22)25-14(20)19-9/h3-6H,1-2H3,(H,21,22). The number of aromatic nitrogens is 2. The molecule has 0 spiro atoms. The molecule has 2 aromatic heterocycles. The Morgan fingerprint density at radius 2 is 2.00 bits per heavy atom. The van der Waals surface area contributed by atoms with Crippen molar-refractivity contribution in [2.75, 3.05) is 14.2 Å². The van der Waals surface area contributed by atoms with E-state index >= 15 is 0 Å². The first-order valence-electron chi connectivity index (χ1n) is 6.81. The highest BCUT2D eigenvalue weighted by Crippen LogP contribution is 2.39. The number of carboxylic acid groups (broad SMARTS) is 1. The average molecular weight is 372 g/mol. The molecule has 1 N–H and O–H groups in total. The molecule has 132 valence electrons. The number of methoxy groups -OCH3 is 2. The Morgan fingerprint density at radius 3 is 2.56 bits per heavy atom. The molecule has 0 unspecified atom stereocenters. The molecule has 0 bridgehead atoms. The Balaban J connectivity index is 2.24. The van der Waals surface area contributed by atoms with Gasteiger partial charge in [-0.3, -0.25) is 4.40 Å². The van der Waals surface area contributed by atoms with E-state index in [0.717, 1.165) is 10.6 Å². The van der Waals surface area contributed by atoms with E-state index < -0.39 is 22.7 Å². The summed E-state index contributed by atoms with van der Waals surface area (Å²) in [6.45, 7) is 0. The summed E-state index contributed by atoms with van der Waals surface area (Å²) in [5.74, 6) is -0.767. The van der Waals surface area contributed by atoms with Gasteiger partial charge in [-0.2, -0.15) is 13.2 Å². The number of thiazole rings is 1. The Bertz CT molecular complexity index is 962. The van der Waals surface area contributed by atoms with Gasteiger partial charge in [0.15, 0.2) is 10.7 Å². The highest BCUT2D eigenvalue weighted by atomic mass is 32.1. The number of carboxylic acids is 1. The minimum atomic E-state index is -4.83. The number of carbonyl (C=O) groups is 1. The van der Waals surface area contributed by atoms with Crippen molar-refractivity contribution in [2.24, 2.45) is 0 Å². The number of imidazole rings is 1. The lowest BCUT2D eigenvalue weighted by Crippen LogP contribution is -2.13. The van der Waals surface area contributed by atoms with Crippen molar-refractivity contribution in [2.45, 2.75) is 6.18 Å². The van der Waals surface area contributed by atoms with Gasteiger partial charge in [-0.25, -0.2) is 9.78 Å². The first kappa shape index (κ1) is 17.1. The Morgan fingerprint density at radius 1 is 1.28 bits per heavy atom. The molecular formula is C15H11F3N2O4S. The first-order valence-corrected chi connectivity index (χ1v) is 7.62. The Kier molecular flexibility index (Phi) is 4.07. The van der Waals surface area contributed by atoms with Crippen LogP contribution in [0, 0.1) is 0 Å². The summed E-state index contributed by atoms with van der Waals surface area (Å²) in [6.07, 6.45) is -3.69. The lowest BCUT2D eigenvalue weighted by Gasteiger charge is -2.08. The quantitative estimate of drug-likeness (QED) is 0.754. The average Bonchev–Trinajstić information content (AvgIpc) is 3.10. The van der Waals surface area contributed by atoms with Gasteiger partial charge in [0.2, 0.25) is 0 Å². The predicted octanol–water partition coefficient (Wildman–Crippen LogP) is 3.80. The number of ether oxygens (including phenoxy) is 2. The van der Waals surface area contributed by atoms with E-state index in [0.29, 0.717) is 28.4 Å². The Labute approximate surface area is 143 Å². The minimum absolute atomic E-state index is 0.0791. The first-order chi connectivity index (χ1) is 11.8. The van der Waals surface area contributed by atoms with E-state index in [1.807, 2.05) is 0 Å². The van der Waals surface area contributed by atoms with E-state index in [4.69, 9.17) is 14.6 Å². The molecule has 0 saturated heterocycles. The number of alkyl halides is 3. The second kappa shape index (κ2) is 5.96. The van der Waals surface area contributed by atoms with Crippen molar-refractivity contribution in [3.8, 4) is 22.8 Å². The van der Waals surface area contributed by atoms with Crippen LogP contribution in [0.5, 0.6) is 11.5 Å². The molecule has 0 aliphatic heterocycles. The van der Waals surface area contributed by atoms with Gasteiger partial charge < -0.3 is 14.6 Å². The van der Waals surface area contributed by atoms with Gasteiger partial charge in [-0.1, -0.05) is 11.3 Å². The highest BCUT2D eigenvalue weighted by molar-refractivity contribution is 7.19. The molecule has 0 amide bonds. The molecule has 0 fully saturated rings. The van der Waals surface area contributed by atoms with Crippen LogP contribution in [-0.4, -0.2) is 34.7 Å². The maximum absolute atomic E-state index is 13.3. The molecular weight excluding hydrogens is 361 g/mol. The van der Waals surface area contributed by atoms with Crippen LogP contribution in [0.25, 0.3) is 16.2 Å². The Hall–Kier alpha value is -2.75. The number of hydrogen-bond donors (Lipinski definition) is 1. The molecule has 1 aromatic carbocycles. The third kappa shape index (κ3) is 2.88. The molecule has 0 aliphatic rings. The summed E-state index contributed by atoms with van der Waals surface area (Å²) < 4.78 is 51.0. The monoisotopic (exact) mass is 372 g/mol. The van der Waals surface area contributed by atoms with Crippen LogP contribution in [0.2, 0.25) is 0 Å². The van der Waals surface area contributed by atoms with Gasteiger partial charge in [0, 0.05) is 11.8 Å². The van der Waals surface area contributed by atoms with Crippen LogP contribution in [0.1, 0.15) is 15.4 Å². The number of benzene rings is 1. The summed E-state index contributed by atoms with van der Waals surface area (Å²) in [4.78, 5) is 14.3. The van der Waals surface area contributed by atoms with Gasteiger partial charge in [-0.15, -0.1) is 0 Å². The second-order valence-electron chi connectivity index (χ2n) is 4.93. The zero-order chi connectivity index (χ0) is 18.4. The molecule has 3 aromatic rings. The maximum atomic E-state index is 13.3. The van der Waals surface area contributed by atoms with Crippen molar-refractivity contribution >= 4 is 22.3 Å². The van der Waals surface area contributed by atoms with Crippen molar-refractivity contribution in [1.82, 2.24) is 9.38 Å². The molecule has 0 aliphatic carbocycles. The molecule has 10 heteroatoms. The van der Waals surface area contributed by atoms with Crippen LogP contribution in [0.3, 0.4) is 0 Å². The second-order valence-corrected chi connectivity index (χ2v) is 5.91. The fourth-order valence-corrected chi connectivity index (χ4v) is 3.37. The zero-order valence-electron chi connectivity index (χ0n) is 12.9. The van der Waals surface area contributed by atoms with Crippen molar-refractivity contribution in [3.63, 3.8) is 0 Å². The lowest BCUT2D eigenvalue weighted by molar-refractivity contribution is -0.142. The fraction of sp³-hybridized carbons (Fsp3) is 0.200. The van der Waals surface area contributed by atoms with E-state index in [-0.39, 0.29) is 10.7 Å². The summed E-state index contributed by atoms with van der Waals surface area (Å²) in [7, 11) is 2.88. The van der Waals surface area contributed by atoms with Crippen LogP contribution < -0.4 is 9.47 Å². The van der Waals surface area contributed by atoms with E-state index in [1.54, 1.807) is 18.2 Å². The van der Waals surface area contributed by atoms with Crippen LogP contribution >= 0.6 is 11.3 Å². The molecule has 25 heavy (non-hydrogen) atoms. The number of aromatic carboxylic acids is 1. The molecule has 0 radical (unpaired) electrons. The van der Waals surface area contributed by atoms with Gasteiger partial charge in [0.25, 0.3) is 0 Å². The van der Waals surface area contributed by atoms with Crippen molar-refractivity contribution in [1.29, 1.82) is 0 Å². The van der Waals surface area contributed by atoms with Crippen molar-refractivity contribution in [3.05, 3.63) is 35.0 Å². The predicted molar refractivity (Wildman–Crippen MR) is 83.6 cm³/mol. The van der Waals surface area contributed by atoms with Crippen LogP contribution in [0.4, 0.5) is 13.2 Å². The van der Waals surface area contributed by atoms with E-state index in [1.165, 1.54) is 14.2 Å². The number of hydrogen-bond acceptors (Lipinski definition) is 5. The largest absolute Gasteiger partial charge is 0.497 e. The molecule has 0 atom stereocenters. The van der Waals surface area contributed by atoms with E-state index in [9.17, 15) is 18.0 Å². The van der Waals surface area contributed by atoms with Gasteiger partial charge in [0.05, 0.1) is 19.9 Å². The zero-order valence-corrected chi connectivity index (χ0v) is 13.7. The third-order valence-electron chi connectivity index (χ3n) is 3.47. The smallest absolute Gasteiger partial charge is 0.433 e. The maximum Gasteiger partial charge on any atom is 0.433 e. The minimum Gasteiger partial charge on any atom is -0.497 e. The SMILES string of the molecule is COc1ccc(OC)c(-c2cn3c(C(F)(F)F)c(C(=O)O)sc3n2)c1. The number of rotatable bonds is 4. The number of fused-ring (bicyclic) bond motifs is 1. The summed E-state index contributed by atoms with van der Waals surface area (Å²) in [6, 6.07) is 4.83. The van der Waals surface area contributed by atoms with Crippen LogP contribution in [-0.2, 0) is 6.18 Å². The summed E-state index contributed by atoms with van der Waals surface area (Å²) in [5.41, 5.74) is -0.618. The van der Waals surface area contributed by atoms with Crippen molar-refractivity contribution < 1.29 is 32.5 Å². The number of nitrogens with zero attached hydrogens (tertiary/aromatic N) is 2. The fourth-order valence-electron chi connectivity index (χ4n) is 2.40. The van der Waals surface area contributed by atoms with Gasteiger partial charge in [0.1, 0.15) is 16.4 Å². The molecule has 2 heterocycles. The normalized spacial score (nSPS) is 11.7. The van der Waals surface area contributed by atoms with Crippen LogP contribution in [0.15, 0.2) is 24.4 Å². The molecule has 3 rings (SSSR count). The highest BCUT2D eigenvalue weighted by Gasteiger charge is 2.40. The third-order valence-corrected chi connectivity index (χ3v) is 4.51. The number of halogens is 3. The summed E-state index contributed by atoms with van der Waals surface area (Å²) in [5, 5.41) is 9.02. The lowest BCUT2D eigenvalue weighted by atomic mass is 10.1. The topological polar surface area (TPSA) is 73.1 Å². The van der Waals surface area contributed by atoms with Gasteiger partial charge in [-0.05, 0) is 18.2 Å².